The summed E-state index contributed by atoms with van der Waals surface area (Å²) in [6, 6.07) is 7.15. The van der Waals surface area contributed by atoms with Gasteiger partial charge in [-0.05, 0) is 29.7 Å². The molecule has 2 aromatic rings. The van der Waals surface area contributed by atoms with E-state index in [1.165, 1.54) is 17.4 Å². The van der Waals surface area contributed by atoms with Crippen molar-refractivity contribution in [1.82, 2.24) is 0 Å². The fourth-order valence-corrected chi connectivity index (χ4v) is 2.49. The molecular weight excluding hydrogens is 288 g/mol. The lowest BCUT2D eigenvalue weighted by molar-refractivity contribution is 0.105. The van der Waals surface area contributed by atoms with Crippen molar-refractivity contribution in [2.45, 2.75) is 0 Å². The van der Waals surface area contributed by atoms with Crippen molar-refractivity contribution in [2.75, 3.05) is 21.3 Å². The Labute approximate surface area is 127 Å². The largest absolute Gasteiger partial charge is 0.496 e. The standard InChI is InChI=1S/C16H16O4S/c1-18-13-10-15(20-3)14(19-2)9-11(13)6-7-12(17)16-5-4-8-21-16/h4-10H,1-3H3. The Morgan fingerprint density at radius 2 is 1.71 bits per heavy atom. The highest BCUT2D eigenvalue weighted by atomic mass is 32.1. The first-order valence-corrected chi connectivity index (χ1v) is 7.13. The summed E-state index contributed by atoms with van der Waals surface area (Å²) in [4.78, 5) is 12.7. The van der Waals surface area contributed by atoms with Crippen molar-refractivity contribution in [3.63, 3.8) is 0 Å². The van der Waals surface area contributed by atoms with Crippen molar-refractivity contribution in [1.29, 1.82) is 0 Å². The summed E-state index contributed by atoms with van der Waals surface area (Å²) in [5.41, 5.74) is 0.750. The van der Waals surface area contributed by atoms with Crippen LogP contribution in [0.4, 0.5) is 0 Å². The normalized spacial score (nSPS) is 10.6. The molecule has 0 atom stereocenters. The van der Waals surface area contributed by atoms with Crippen LogP contribution in [0.2, 0.25) is 0 Å². The third-order valence-electron chi connectivity index (χ3n) is 2.91. The van der Waals surface area contributed by atoms with Crippen LogP contribution in [0.5, 0.6) is 17.2 Å². The van der Waals surface area contributed by atoms with E-state index in [2.05, 4.69) is 0 Å². The maximum atomic E-state index is 12.0. The molecule has 2 rings (SSSR count). The predicted molar refractivity (Wildman–Crippen MR) is 83.8 cm³/mol. The Kier molecular flexibility index (Phi) is 5.00. The minimum absolute atomic E-state index is 0.0400. The predicted octanol–water partition coefficient (Wildman–Crippen LogP) is 3.67. The van der Waals surface area contributed by atoms with Crippen LogP contribution in [-0.4, -0.2) is 27.1 Å². The zero-order chi connectivity index (χ0) is 15.2. The van der Waals surface area contributed by atoms with Gasteiger partial charge in [0, 0.05) is 11.6 Å². The fourth-order valence-electron chi connectivity index (χ4n) is 1.85. The molecule has 0 radical (unpaired) electrons. The number of benzene rings is 1. The molecule has 1 aromatic heterocycles. The number of carbonyl (C=O) groups excluding carboxylic acids is 1. The minimum Gasteiger partial charge on any atom is -0.496 e. The Bertz CT molecular complexity index is 645. The molecule has 0 saturated heterocycles. The van der Waals surface area contributed by atoms with Gasteiger partial charge in [0.05, 0.1) is 26.2 Å². The SMILES string of the molecule is COc1cc(OC)c(OC)cc1C=CC(=O)c1cccs1. The van der Waals surface area contributed by atoms with Crippen LogP contribution in [0.3, 0.4) is 0 Å². The van der Waals surface area contributed by atoms with E-state index in [1.54, 1.807) is 45.6 Å². The van der Waals surface area contributed by atoms with Crippen LogP contribution in [0.1, 0.15) is 15.2 Å². The summed E-state index contributed by atoms with van der Waals surface area (Å²) in [5.74, 6) is 1.74. The van der Waals surface area contributed by atoms with Crippen molar-refractivity contribution in [3.05, 3.63) is 46.2 Å². The van der Waals surface area contributed by atoms with Crippen molar-refractivity contribution < 1.29 is 19.0 Å². The molecule has 0 fully saturated rings. The van der Waals surface area contributed by atoms with E-state index in [1.807, 2.05) is 11.4 Å². The Morgan fingerprint density at radius 3 is 2.29 bits per heavy atom. The first-order chi connectivity index (χ1) is 10.2. The zero-order valence-electron chi connectivity index (χ0n) is 12.1. The molecule has 0 amide bonds. The van der Waals surface area contributed by atoms with E-state index in [4.69, 9.17) is 14.2 Å². The molecule has 1 aromatic carbocycles. The molecule has 0 saturated carbocycles. The summed E-state index contributed by atoms with van der Waals surface area (Å²) in [6.07, 6.45) is 3.23. The molecule has 0 unspecified atom stereocenters. The molecule has 0 spiro atoms. The summed E-state index contributed by atoms with van der Waals surface area (Å²) in [6.45, 7) is 0. The maximum Gasteiger partial charge on any atom is 0.195 e. The number of hydrogen-bond donors (Lipinski definition) is 0. The minimum atomic E-state index is -0.0400. The molecule has 0 bridgehead atoms. The molecule has 0 aliphatic rings. The second-order valence-electron chi connectivity index (χ2n) is 4.12. The molecule has 1 heterocycles. The van der Waals surface area contributed by atoms with Crippen LogP contribution in [0.25, 0.3) is 6.08 Å². The van der Waals surface area contributed by atoms with Gasteiger partial charge in [-0.15, -0.1) is 11.3 Å². The second-order valence-corrected chi connectivity index (χ2v) is 5.07. The van der Waals surface area contributed by atoms with E-state index in [0.717, 1.165) is 5.56 Å². The van der Waals surface area contributed by atoms with E-state index in [-0.39, 0.29) is 5.78 Å². The van der Waals surface area contributed by atoms with Gasteiger partial charge in [0.25, 0.3) is 0 Å². The molecule has 4 nitrogen and oxygen atoms in total. The zero-order valence-corrected chi connectivity index (χ0v) is 12.9. The van der Waals surface area contributed by atoms with Gasteiger partial charge in [0.1, 0.15) is 5.75 Å². The number of thiophene rings is 1. The lowest BCUT2D eigenvalue weighted by Gasteiger charge is -2.12. The molecule has 0 N–H and O–H groups in total. The van der Waals surface area contributed by atoms with Gasteiger partial charge in [0.2, 0.25) is 0 Å². The van der Waals surface area contributed by atoms with Gasteiger partial charge in [-0.1, -0.05) is 6.07 Å². The van der Waals surface area contributed by atoms with Crippen LogP contribution in [0.15, 0.2) is 35.7 Å². The number of allylic oxidation sites excluding steroid dienone is 1. The fraction of sp³-hybridized carbons (Fsp3) is 0.188. The number of methoxy groups -OCH3 is 3. The van der Waals surface area contributed by atoms with E-state index in [0.29, 0.717) is 22.1 Å². The number of ether oxygens (including phenoxy) is 3. The highest BCUT2D eigenvalue weighted by Gasteiger charge is 2.10. The van der Waals surface area contributed by atoms with Crippen LogP contribution in [-0.2, 0) is 0 Å². The number of carbonyl (C=O) groups is 1. The van der Waals surface area contributed by atoms with Crippen LogP contribution >= 0.6 is 11.3 Å². The third-order valence-corrected chi connectivity index (χ3v) is 3.80. The third kappa shape index (κ3) is 3.44. The average Bonchev–Trinajstić information content (AvgIpc) is 3.06. The average molecular weight is 304 g/mol. The van der Waals surface area contributed by atoms with Gasteiger partial charge in [-0.2, -0.15) is 0 Å². The highest BCUT2D eigenvalue weighted by molar-refractivity contribution is 7.12. The number of ketones is 1. The maximum absolute atomic E-state index is 12.0. The first kappa shape index (κ1) is 15.1. The quantitative estimate of drug-likeness (QED) is 0.603. The molecular formula is C16H16O4S. The molecule has 0 aliphatic heterocycles. The van der Waals surface area contributed by atoms with Gasteiger partial charge in [-0.25, -0.2) is 0 Å². The number of hydrogen-bond acceptors (Lipinski definition) is 5. The van der Waals surface area contributed by atoms with Gasteiger partial charge in [-0.3, -0.25) is 4.79 Å². The summed E-state index contributed by atoms with van der Waals surface area (Å²) in [7, 11) is 4.70. The van der Waals surface area contributed by atoms with E-state index >= 15 is 0 Å². The van der Waals surface area contributed by atoms with E-state index < -0.39 is 0 Å². The van der Waals surface area contributed by atoms with Crippen LogP contribution < -0.4 is 14.2 Å². The Morgan fingerprint density at radius 1 is 1.05 bits per heavy atom. The lowest BCUT2D eigenvalue weighted by Crippen LogP contribution is -1.95. The van der Waals surface area contributed by atoms with Gasteiger partial charge >= 0.3 is 0 Å². The Hall–Kier alpha value is -2.27. The topological polar surface area (TPSA) is 44.8 Å². The second kappa shape index (κ2) is 6.95. The van der Waals surface area contributed by atoms with E-state index in [9.17, 15) is 4.79 Å². The van der Waals surface area contributed by atoms with Crippen molar-refractivity contribution in [3.8, 4) is 17.2 Å². The molecule has 5 heteroatoms. The monoisotopic (exact) mass is 304 g/mol. The molecule has 21 heavy (non-hydrogen) atoms. The van der Waals surface area contributed by atoms with Crippen molar-refractivity contribution in [2.24, 2.45) is 0 Å². The van der Waals surface area contributed by atoms with Gasteiger partial charge in [0.15, 0.2) is 17.3 Å². The summed E-state index contributed by atoms with van der Waals surface area (Å²) < 4.78 is 15.8. The molecule has 110 valence electrons. The van der Waals surface area contributed by atoms with Crippen molar-refractivity contribution >= 4 is 23.2 Å². The van der Waals surface area contributed by atoms with Gasteiger partial charge < -0.3 is 14.2 Å². The summed E-state index contributed by atoms with van der Waals surface area (Å²) >= 11 is 1.41. The first-order valence-electron chi connectivity index (χ1n) is 6.25. The smallest absolute Gasteiger partial charge is 0.195 e. The highest BCUT2D eigenvalue weighted by Crippen LogP contribution is 2.35. The molecule has 0 aliphatic carbocycles. The number of rotatable bonds is 6. The summed E-state index contributed by atoms with van der Waals surface area (Å²) in [5, 5.41) is 1.87. The Balaban J connectivity index is 2.32. The van der Waals surface area contributed by atoms with Crippen LogP contribution in [0, 0.1) is 0 Å². The lowest BCUT2D eigenvalue weighted by atomic mass is 10.1.